The van der Waals surface area contributed by atoms with E-state index in [1.807, 2.05) is 54.6 Å². The van der Waals surface area contributed by atoms with Gasteiger partial charge < -0.3 is 10.4 Å². The predicted octanol–water partition coefficient (Wildman–Crippen LogP) is 3.59. The van der Waals surface area contributed by atoms with Gasteiger partial charge in [0, 0.05) is 17.8 Å². The SMILES string of the molecule is OC(c1ccccc1)c1ccccc1NCC1CC1. The third-order valence-electron chi connectivity index (χ3n) is 3.65. The van der Waals surface area contributed by atoms with Gasteiger partial charge in [-0.2, -0.15) is 0 Å². The summed E-state index contributed by atoms with van der Waals surface area (Å²) in [6.07, 6.45) is 2.09. The van der Waals surface area contributed by atoms with Crippen LogP contribution in [-0.4, -0.2) is 11.7 Å². The summed E-state index contributed by atoms with van der Waals surface area (Å²) in [7, 11) is 0. The highest BCUT2D eigenvalue weighted by Gasteiger charge is 2.21. The number of anilines is 1. The fraction of sp³-hybridized carbons (Fsp3) is 0.294. The molecule has 0 bridgehead atoms. The van der Waals surface area contributed by atoms with Gasteiger partial charge in [0.15, 0.2) is 0 Å². The van der Waals surface area contributed by atoms with Gasteiger partial charge in [-0.15, -0.1) is 0 Å². The molecule has 1 atom stereocenters. The van der Waals surface area contributed by atoms with Gasteiger partial charge in [-0.1, -0.05) is 48.5 Å². The first-order valence-corrected chi connectivity index (χ1v) is 6.90. The average Bonchev–Trinajstić information content (AvgIpc) is 3.30. The predicted molar refractivity (Wildman–Crippen MR) is 78.2 cm³/mol. The van der Waals surface area contributed by atoms with Gasteiger partial charge in [0.1, 0.15) is 6.10 Å². The molecule has 0 saturated heterocycles. The molecule has 1 aliphatic rings. The number of nitrogens with one attached hydrogen (secondary N) is 1. The van der Waals surface area contributed by atoms with E-state index >= 15 is 0 Å². The summed E-state index contributed by atoms with van der Waals surface area (Å²) in [5.41, 5.74) is 2.93. The fourth-order valence-electron chi connectivity index (χ4n) is 2.29. The van der Waals surface area contributed by atoms with Gasteiger partial charge >= 0.3 is 0 Å². The van der Waals surface area contributed by atoms with Gasteiger partial charge in [-0.3, -0.25) is 0 Å². The molecule has 2 N–H and O–H groups in total. The third-order valence-corrected chi connectivity index (χ3v) is 3.65. The molecule has 2 aromatic carbocycles. The van der Waals surface area contributed by atoms with E-state index in [9.17, 15) is 5.11 Å². The minimum absolute atomic E-state index is 0.566. The first kappa shape index (κ1) is 12.2. The van der Waals surface area contributed by atoms with Gasteiger partial charge in [-0.05, 0) is 30.4 Å². The second-order valence-electron chi connectivity index (χ2n) is 5.22. The number of hydrogen-bond acceptors (Lipinski definition) is 2. The lowest BCUT2D eigenvalue weighted by Crippen LogP contribution is -2.08. The van der Waals surface area contributed by atoms with Crippen molar-refractivity contribution in [3.8, 4) is 0 Å². The average molecular weight is 253 g/mol. The Morgan fingerprint density at radius 3 is 2.42 bits per heavy atom. The van der Waals surface area contributed by atoms with Crippen LogP contribution in [0.25, 0.3) is 0 Å². The Labute approximate surface area is 114 Å². The minimum atomic E-state index is -0.566. The molecule has 0 aliphatic heterocycles. The molecule has 2 heteroatoms. The maximum atomic E-state index is 10.5. The summed E-state index contributed by atoms with van der Waals surface area (Å²) < 4.78 is 0. The van der Waals surface area contributed by atoms with Crippen LogP contribution in [0.15, 0.2) is 54.6 Å². The van der Waals surface area contributed by atoms with Gasteiger partial charge in [0.2, 0.25) is 0 Å². The summed E-state index contributed by atoms with van der Waals surface area (Å²) >= 11 is 0. The molecule has 0 aromatic heterocycles. The topological polar surface area (TPSA) is 32.3 Å². The molecular weight excluding hydrogens is 234 g/mol. The fourth-order valence-corrected chi connectivity index (χ4v) is 2.29. The molecule has 19 heavy (non-hydrogen) atoms. The van der Waals surface area contributed by atoms with E-state index in [2.05, 4.69) is 5.32 Å². The molecule has 1 aliphatic carbocycles. The van der Waals surface area contributed by atoms with Crippen LogP contribution in [0.4, 0.5) is 5.69 Å². The second-order valence-corrected chi connectivity index (χ2v) is 5.22. The van der Waals surface area contributed by atoms with Gasteiger partial charge in [-0.25, -0.2) is 0 Å². The number of benzene rings is 2. The first-order chi connectivity index (χ1) is 9.34. The van der Waals surface area contributed by atoms with Crippen molar-refractivity contribution in [3.63, 3.8) is 0 Å². The number of aliphatic hydroxyl groups excluding tert-OH is 1. The molecular formula is C17H19NO. The molecule has 0 amide bonds. The Bertz CT molecular complexity index is 534. The van der Waals surface area contributed by atoms with Crippen molar-refractivity contribution in [3.05, 3.63) is 65.7 Å². The highest BCUT2D eigenvalue weighted by atomic mass is 16.3. The van der Waals surface area contributed by atoms with E-state index < -0.39 is 6.10 Å². The highest BCUT2D eigenvalue weighted by Crippen LogP contribution is 2.32. The van der Waals surface area contributed by atoms with Crippen LogP contribution in [-0.2, 0) is 0 Å². The minimum Gasteiger partial charge on any atom is -0.384 e. The molecule has 1 saturated carbocycles. The molecule has 0 radical (unpaired) electrons. The van der Waals surface area contributed by atoms with Crippen molar-refractivity contribution in [2.75, 3.05) is 11.9 Å². The Balaban J connectivity index is 1.82. The number of hydrogen-bond donors (Lipinski definition) is 2. The number of aliphatic hydroxyl groups is 1. The Morgan fingerprint density at radius 2 is 1.68 bits per heavy atom. The van der Waals surface area contributed by atoms with E-state index in [1.165, 1.54) is 12.8 Å². The number of rotatable bonds is 5. The van der Waals surface area contributed by atoms with Crippen LogP contribution in [0, 0.1) is 5.92 Å². The summed E-state index contributed by atoms with van der Waals surface area (Å²) in [5, 5.41) is 14.0. The normalized spacial score (nSPS) is 16.1. The van der Waals surface area contributed by atoms with Crippen molar-refractivity contribution < 1.29 is 5.11 Å². The zero-order valence-electron chi connectivity index (χ0n) is 10.9. The van der Waals surface area contributed by atoms with Gasteiger partial charge in [0.25, 0.3) is 0 Å². The summed E-state index contributed by atoms with van der Waals surface area (Å²) in [6, 6.07) is 17.8. The van der Waals surface area contributed by atoms with Crippen molar-refractivity contribution in [1.82, 2.24) is 0 Å². The molecule has 0 heterocycles. The molecule has 0 spiro atoms. The maximum Gasteiger partial charge on any atom is 0.106 e. The Hall–Kier alpha value is -1.80. The van der Waals surface area contributed by atoms with Crippen LogP contribution in [0.2, 0.25) is 0 Å². The second kappa shape index (κ2) is 5.45. The largest absolute Gasteiger partial charge is 0.384 e. The Kier molecular flexibility index (Phi) is 3.51. The molecule has 2 nitrogen and oxygen atoms in total. The summed E-state index contributed by atoms with van der Waals surface area (Å²) in [4.78, 5) is 0. The van der Waals surface area contributed by atoms with E-state index in [0.717, 1.165) is 29.3 Å². The van der Waals surface area contributed by atoms with Crippen molar-refractivity contribution in [2.24, 2.45) is 5.92 Å². The number of para-hydroxylation sites is 1. The van der Waals surface area contributed by atoms with Crippen molar-refractivity contribution in [2.45, 2.75) is 18.9 Å². The first-order valence-electron chi connectivity index (χ1n) is 6.90. The quantitative estimate of drug-likeness (QED) is 0.853. The summed E-state index contributed by atoms with van der Waals surface area (Å²) in [5.74, 6) is 0.821. The lowest BCUT2D eigenvalue weighted by molar-refractivity contribution is 0.221. The standard InChI is InChI=1S/C17H19NO/c19-17(14-6-2-1-3-7-14)15-8-4-5-9-16(15)18-12-13-10-11-13/h1-9,13,17-19H,10-12H2. The zero-order chi connectivity index (χ0) is 13.1. The van der Waals surface area contributed by atoms with Crippen LogP contribution >= 0.6 is 0 Å². The van der Waals surface area contributed by atoms with E-state index in [4.69, 9.17) is 0 Å². The van der Waals surface area contributed by atoms with Crippen LogP contribution in [0.3, 0.4) is 0 Å². The monoisotopic (exact) mass is 253 g/mol. The molecule has 1 unspecified atom stereocenters. The van der Waals surface area contributed by atoms with Crippen molar-refractivity contribution in [1.29, 1.82) is 0 Å². The van der Waals surface area contributed by atoms with Crippen LogP contribution in [0.1, 0.15) is 30.1 Å². The maximum absolute atomic E-state index is 10.5. The lowest BCUT2D eigenvalue weighted by atomic mass is 10.00. The summed E-state index contributed by atoms with van der Waals surface area (Å²) in [6.45, 7) is 1.01. The smallest absolute Gasteiger partial charge is 0.106 e. The Morgan fingerprint density at radius 1 is 1.00 bits per heavy atom. The molecule has 1 fully saturated rings. The molecule has 2 aromatic rings. The van der Waals surface area contributed by atoms with Crippen LogP contribution in [0.5, 0.6) is 0 Å². The molecule has 3 rings (SSSR count). The van der Waals surface area contributed by atoms with Crippen molar-refractivity contribution >= 4 is 5.69 Å². The molecule has 98 valence electrons. The van der Waals surface area contributed by atoms with Crippen LogP contribution < -0.4 is 5.32 Å². The van der Waals surface area contributed by atoms with Gasteiger partial charge in [0.05, 0.1) is 0 Å². The van der Waals surface area contributed by atoms with E-state index in [1.54, 1.807) is 0 Å². The zero-order valence-corrected chi connectivity index (χ0v) is 10.9. The third kappa shape index (κ3) is 2.96. The lowest BCUT2D eigenvalue weighted by Gasteiger charge is -2.17. The van der Waals surface area contributed by atoms with E-state index in [-0.39, 0.29) is 0 Å². The van der Waals surface area contributed by atoms with E-state index in [0.29, 0.717) is 0 Å². The highest BCUT2D eigenvalue weighted by molar-refractivity contribution is 5.54.